The number of rotatable bonds is 2. The monoisotopic (exact) mass is 296 g/mol. The van der Waals surface area contributed by atoms with Crippen molar-refractivity contribution in [2.45, 2.75) is 26.4 Å². The van der Waals surface area contributed by atoms with E-state index < -0.39 is 11.6 Å². The van der Waals surface area contributed by atoms with Crippen molar-refractivity contribution in [3.8, 4) is 0 Å². The molecule has 1 aromatic rings. The van der Waals surface area contributed by atoms with Gasteiger partial charge in [-0.05, 0) is 26.8 Å². The summed E-state index contributed by atoms with van der Waals surface area (Å²) in [4.78, 5) is 26.3. The summed E-state index contributed by atoms with van der Waals surface area (Å²) in [5, 5.41) is 8.84. The van der Waals surface area contributed by atoms with Crippen LogP contribution < -0.4 is 4.90 Å². The van der Waals surface area contributed by atoms with Crippen LogP contribution in [-0.2, 0) is 4.74 Å². The van der Waals surface area contributed by atoms with Gasteiger partial charge >= 0.3 is 12.1 Å². The zero-order chi connectivity index (χ0) is 15.6. The van der Waals surface area contributed by atoms with Crippen LogP contribution in [0.4, 0.5) is 10.7 Å². The van der Waals surface area contributed by atoms with Gasteiger partial charge in [0.15, 0.2) is 5.88 Å². The van der Waals surface area contributed by atoms with Crippen molar-refractivity contribution in [2.24, 2.45) is 0 Å². The maximum Gasteiger partial charge on any atom is 0.410 e. The Morgan fingerprint density at radius 1 is 1.19 bits per heavy atom. The van der Waals surface area contributed by atoms with Gasteiger partial charge in [-0.25, -0.2) is 9.59 Å². The molecule has 1 aliphatic heterocycles. The summed E-state index contributed by atoms with van der Waals surface area (Å²) in [6, 6.07) is 3.06. The highest BCUT2D eigenvalue weighted by atomic mass is 16.6. The van der Waals surface area contributed by atoms with Crippen molar-refractivity contribution < 1.29 is 23.8 Å². The first-order chi connectivity index (χ1) is 9.76. The average molecular weight is 296 g/mol. The second-order valence-corrected chi connectivity index (χ2v) is 5.90. The molecule has 0 aliphatic carbocycles. The van der Waals surface area contributed by atoms with Gasteiger partial charge in [0.05, 0.1) is 0 Å². The Bertz CT molecular complexity index is 524. The van der Waals surface area contributed by atoms with Gasteiger partial charge in [-0.2, -0.15) is 0 Å². The molecule has 1 N–H and O–H groups in total. The van der Waals surface area contributed by atoms with Crippen LogP contribution in [0.25, 0.3) is 0 Å². The molecule has 0 radical (unpaired) electrons. The Hall–Kier alpha value is -2.18. The van der Waals surface area contributed by atoms with Crippen LogP contribution in [0.15, 0.2) is 16.5 Å². The maximum atomic E-state index is 11.9. The predicted molar refractivity (Wildman–Crippen MR) is 75.7 cm³/mol. The number of carbonyl (C=O) groups is 2. The lowest BCUT2D eigenvalue weighted by atomic mass is 10.2. The van der Waals surface area contributed by atoms with Crippen molar-refractivity contribution in [1.82, 2.24) is 4.90 Å². The predicted octanol–water partition coefficient (Wildman–Crippen LogP) is 2.03. The molecule has 0 unspecified atom stereocenters. The number of hydrogen-bond donors (Lipinski definition) is 1. The number of aromatic carboxylic acids is 1. The van der Waals surface area contributed by atoms with Crippen LogP contribution in [0.5, 0.6) is 0 Å². The summed E-state index contributed by atoms with van der Waals surface area (Å²) in [6.45, 7) is 7.67. The first-order valence-electron chi connectivity index (χ1n) is 6.82. The van der Waals surface area contributed by atoms with Crippen LogP contribution in [0, 0.1) is 0 Å². The normalized spacial score (nSPS) is 16.0. The largest absolute Gasteiger partial charge is 0.475 e. The third kappa shape index (κ3) is 3.90. The van der Waals surface area contributed by atoms with E-state index in [0.29, 0.717) is 32.1 Å². The van der Waals surface area contributed by atoms with E-state index in [1.807, 2.05) is 25.7 Å². The van der Waals surface area contributed by atoms with Crippen molar-refractivity contribution in [1.29, 1.82) is 0 Å². The molecule has 7 nitrogen and oxygen atoms in total. The highest BCUT2D eigenvalue weighted by molar-refractivity contribution is 5.84. The molecular formula is C14H20N2O5. The van der Waals surface area contributed by atoms with Gasteiger partial charge in [-0.15, -0.1) is 0 Å². The highest BCUT2D eigenvalue weighted by Gasteiger charge is 2.27. The minimum Gasteiger partial charge on any atom is -0.475 e. The summed E-state index contributed by atoms with van der Waals surface area (Å²) < 4.78 is 10.6. The van der Waals surface area contributed by atoms with E-state index in [-0.39, 0.29) is 11.9 Å². The van der Waals surface area contributed by atoms with Crippen molar-refractivity contribution in [3.05, 3.63) is 17.9 Å². The lowest BCUT2D eigenvalue weighted by Crippen LogP contribution is -2.50. The fraction of sp³-hybridized carbons (Fsp3) is 0.571. The minimum atomic E-state index is -1.09. The third-order valence-electron chi connectivity index (χ3n) is 3.05. The second-order valence-electron chi connectivity index (χ2n) is 5.90. The summed E-state index contributed by atoms with van der Waals surface area (Å²) >= 11 is 0. The average Bonchev–Trinajstić information content (AvgIpc) is 2.86. The lowest BCUT2D eigenvalue weighted by molar-refractivity contribution is 0.0239. The summed E-state index contributed by atoms with van der Waals surface area (Å²) in [6.07, 6.45) is -0.326. The maximum absolute atomic E-state index is 11.9. The van der Waals surface area contributed by atoms with Crippen LogP contribution in [0.3, 0.4) is 0 Å². The first kappa shape index (κ1) is 15.2. The second kappa shape index (κ2) is 5.67. The van der Waals surface area contributed by atoms with Crippen molar-refractivity contribution in [2.75, 3.05) is 31.1 Å². The SMILES string of the molecule is CC(C)(C)OC(=O)N1CCN(c2ccc(C(=O)O)o2)CC1. The molecule has 21 heavy (non-hydrogen) atoms. The number of carbonyl (C=O) groups excluding carboxylic acids is 1. The summed E-state index contributed by atoms with van der Waals surface area (Å²) in [5.41, 5.74) is -0.508. The molecule has 7 heteroatoms. The van der Waals surface area contributed by atoms with Crippen LogP contribution >= 0.6 is 0 Å². The van der Waals surface area contributed by atoms with Gasteiger partial charge in [-0.1, -0.05) is 0 Å². The number of furan rings is 1. The van der Waals surface area contributed by atoms with Gasteiger partial charge in [0.2, 0.25) is 5.76 Å². The van der Waals surface area contributed by atoms with E-state index >= 15 is 0 Å². The zero-order valence-corrected chi connectivity index (χ0v) is 12.5. The number of piperazine rings is 1. The van der Waals surface area contributed by atoms with Gasteiger partial charge in [0.1, 0.15) is 5.60 Å². The van der Waals surface area contributed by atoms with Crippen LogP contribution in [-0.4, -0.2) is 53.8 Å². The van der Waals surface area contributed by atoms with E-state index in [2.05, 4.69) is 0 Å². The molecule has 0 bridgehead atoms. The smallest absolute Gasteiger partial charge is 0.410 e. The molecule has 1 aromatic heterocycles. The molecule has 0 aromatic carbocycles. The Balaban J connectivity index is 1.90. The van der Waals surface area contributed by atoms with Gasteiger partial charge in [-0.3, -0.25) is 0 Å². The number of anilines is 1. The Labute approximate surface area is 123 Å². The standard InChI is InChI=1S/C14H20N2O5/c1-14(2,3)21-13(19)16-8-6-15(7-9-16)11-5-4-10(20-11)12(17)18/h4-5H,6-9H2,1-3H3,(H,17,18). The third-order valence-corrected chi connectivity index (χ3v) is 3.05. The van der Waals surface area contributed by atoms with E-state index in [0.717, 1.165) is 0 Å². The van der Waals surface area contributed by atoms with Crippen LogP contribution in [0.1, 0.15) is 31.3 Å². The molecule has 0 saturated carbocycles. The Morgan fingerprint density at radius 2 is 1.81 bits per heavy atom. The van der Waals surface area contributed by atoms with Crippen molar-refractivity contribution in [3.63, 3.8) is 0 Å². The molecule has 2 heterocycles. The fourth-order valence-electron chi connectivity index (χ4n) is 2.05. The molecule has 1 aliphatic rings. The molecule has 1 amide bonds. The highest BCUT2D eigenvalue weighted by Crippen LogP contribution is 2.21. The molecule has 0 atom stereocenters. The number of amides is 1. The quantitative estimate of drug-likeness (QED) is 0.899. The molecule has 1 fully saturated rings. The Morgan fingerprint density at radius 3 is 2.29 bits per heavy atom. The molecule has 2 rings (SSSR count). The van der Waals surface area contributed by atoms with Gasteiger partial charge < -0.3 is 24.1 Å². The molecule has 1 saturated heterocycles. The van der Waals surface area contributed by atoms with Gasteiger partial charge in [0.25, 0.3) is 0 Å². The van der Waals surface area contributed by atoms with Crippen molar-refractivity contribution >= 4 is 17.9 Å². The molecule has 0 spiro atoms. The first-order valence-corrected chi connectivity index (χ1v) is 6.82. The van der Waals surface area contributed by atoms with E-state index in [4.69, 9.17) is 14.3 Å². The number of nitrogens with zero attached hydrogens (tertiary/aromatic N) is 2. The molecule has 116 valence electrons. The van der Waals surface area contributed by atoms with E-state index in [9.17, 15) is 9.59 Å². The number of hydrogen-bond acceptors (Lipinski definition) is 5. The van der Waals surface area contributed by atoms with Gasteiger partial charge in [0, 0.05) is 32.2 Å². The van der Waals surface area contributed by atoms with E-state index in [1.54, 1.807) is 11.0 Å². The fourth-order valence-corrected chi connectivity index (χ4v) is 2.05. The molecular weight excluding hydrogens is 276 g/mol. The topological polar surface area (TPSA) is 83.2 Å². The number of ether oxygens (including phenoxy) is 1. The number of carboxylic acid groups (broad SMARTS) is 1. The number of carboxylic acids is 1. The van der Waals surface area contributed by atoms with Crippen LogP contribution in [0.2, 0.25) is 0 Å². The zero-order valence-electron chi connectivity index (χ0n) is 12.5. The van der Waals surface area contributed by atoms with E-state index in [1.165, 1.54) is 6.07 Å². The lowest BCUT2D eigenvalue weighted by Gasteiger charge is -2.35. The summed E-state index contributed by atoms with van der Waals surface area (Å²) in [5.74, 6) is -0.663. The minimum absolute atomic E-state index is 0.0837. The summed E-state index contributed by atoms with van der Waals surface area (Å²) in [7, 11) is 0. The Kier molecular flexibility index (Phi) is 4.11.